The molecule has 3 rings (SSSR count). The molecule has 4 heteroatoms. The van der Waals surface area contributed by atoms with Crippen LogP contribution in [0.2, 0.25) is 0 Å². The molecule has 0 atom stereocenters. The van der Waals surface area contributed by atoms with E-state index in [0.717, 1.165) is 22.1 Å². The van der Waals surface area contributed by atoms with E-state index in [4.69, 9.17) is 12.2 Å². The van der Waals surface area contributed by atoms with Gasteiger partial charge >= 0.3 is 0 Å². The Hall–Kier alpha value is -1.52. The van der Waals surface area contributed by atoms with Crippen molar-refractivity contribution in [3.8, 4) is 0 Å². The molecule has 0 saturated heterocycles. The molecule has 0 amide bonds. The van der Waals surface area contributed by atoms with Crippen LogP contribution < -0.4 is 4.90 Å². The molecule has 0 unspecified atom stereocenters. The summed E-state index contributed by atoms with van der Waals surface area (Å²) in [4.78, 5) is 7.44. The van der Waals surface area contributed by atoms with Gasteiger partial charge in [0.05, 0.1) is 22.1 Å². The lowest BCUT2D eigenvalue weighted by atomic mass is 10.2. The van der Waals surface area contributed by atoms with Crippen molar-refractivity contribution in [2.45, 2.75) is 6.42 Å². The zero-order chi connectivity index (χ0) is 11.7. The molecule has 17 heavy (non-hydrogen) atoms. The number of para-hydroxylation sites is 2. The summed E-state index contributed by atoms with van der Waals surface area (Å²) >= 11 is 7.15. The SMILES string of the molecule is S=C1CC=Nc2ccccc2N1c1ccsc1. The Labute approximate surface area is 109 Å². The van der Waals surface area contributed by atoms with E-state index in [2.05, 4.69) is 32.8 Å². The van der Waals surface area contributed by atoms with Gasteiger partial charge in [0.2, 0.25) is 0 Å². The lowest BCUT2D eigenvalue weighted by molar-refractivity contribution is 1.36. The zero-order valence-electron chi connectivity index (χ0n) is 9.04. The Morgan fingerprint density at radius 3 is 2.94 bits per heavy atom. The number of nitrogens with zero attached hydrogens (tertiary/aromatic N) is 2. The average Bonchev–Trinajstić information content (AvgIpc) is 2.80. The van der Waals surface area contributed by atoms with Crippen molar-refractivity contribution in [2.24, 2.45) is 4.99 Å². The number of fused-ring (bicyclic) bond motifs is 1. The molecule has 0 N–H and O–H groups in total. The minimum absolute atomic E-state index is 0.708. The molecule has 0 aliphatic carbocycles. The topological polar surface area (TPSA) is 15.6 Å². The largest absolute Gasteiger partial charge is 0.301 e. The number of thiocarbonyl (C=S) groups is 1. The minimum Gasteiger partial charge on any atom is -0.301 e. The first-order valence-corrected chi connectivity index (χ1v) is 6.68. The molecule has 0 radical (unpaired) electrons. The minimum atomic E-state index is 0.708. The predicted molar refractivity (Wildman–Crippen MR) is 78.3 cm³/mol. The highest BCUT2D eigenvalue weighted by Crippen LogP contribution is 2.36. The van der Waals surface area contributed by atoms with Gasteiger partial charge in [0, 0.05) is 18.0 Å². The molecular formula is C13H10N2S2. The summed E-state index contributed by atoms with van der Waals surface area (Å²) in [5.41, 5.74) is 3.15. The first-order chi connectivity index (χ1) is 8.36. The predicted octanol–water partition coefficient (Wildman–Crippen LogP) is 4.32. The number of benzene rings is 1. The van der Waals surface area contributed by atoms with Crippen LogP contribution in [0.5, 0.6) is 0 Å². The highest BCUT2D eigenvalue weighted by Gasteiger charge is 2.19. The van der Waals surface area contributed by atoms with Crippen molar-refractivity contribution in [3.05, 3.63) is 41.1 Å². The smallest absolute Gasteiger partial charge is 0.0924 e. The molecule has 1 aliphatic rings. The fraction of sp³-hybridized carbons (Fsp3) is 0.0769. The van der Waals surface area contributed by atoms with Crippen LogP contribution in [0.1, 0.15) is 6.42 Å². The van der Waals surface area contributed by atoms with E-state index in [1.807, 2.05) is 24.4 Å². The maximum atomic E-state index is 5.48. The molecular weight excluding hydrogens is 248 g/mol. The molecule has 0 saturated carbocycles. The fourth-order valence-electron chi connectivity index (χ4n) is 1.88. The Kier molecular flexibility index (Phi) is 2.74. The van der Waals surface area contributed by atoms with Gasteiger partial charge in [0.25, 0.3) is 0 Å². The van der Waals surface area contributed by atoms with Crippen LogP contribution >= 0.6 is 23.6 Å². The average molecular weight is 258 g/mol. The van der Waals surface area contributed by atoms with Gasteiger partial charge < -0.3 is 4.90 Å². The van der Waals surface area contributed by atoms with Crippen LogP contribution in [-0.4, -0.2) is 11.2 Å². The number of hydrogen-bond donors (Lipinski definition) is 0. The summed E-state index contributed by atoms with van der Waals surface area (Å²) in [6.07, 6.45) is 2.59. The van der Waals surface area contributed by atoms with Gasteiger partial charge in [-0.25, -0.2) is 0 Å². The molecule has 0 bridgehead atoms. The van der Waals surface area contributed by atoms with E-state index in [1.165, 1.54) is 0 Å². The van der Waals surface area contributed by atoms with Crippen LogP contribution in [0.3, 0.4) is 0 Å². The van der Waals surface area contributed by atoms with Gasteiger partial charge in [-0.15, -0.1) is 0 Å². The first-order valence-electron chi connectivity index (χ1n) is 5.33. The van der Waals surface area contributed by atoms with Crippen molar-refractivity contribution in [3.63, 3.8) is 0 Å². The van der Waals surface area contributed by atoms with Crippen molar-refractivity contribution in [1.29, 1.82) is 0 Å². The zero-order valence-corrected chi connectivity index (χ0v) is 10.7. The van der Waals surface area contributed by atoms with Crippen LogP contribution in [0.4, 0.5) is 17.1 Å². The Bertz CT molecular complexity index is 573. The Morgan fingerprint density at radius 1 is 1.24 bits per heavy atom. The van der Waals surface area contributed by atoms with Crippen LogP contribution in [-0.2, 0) is 0 Å². The van der Waals surface area contributed by atoms with E-state index in [9.17, 15) is 0 Å². The molecule has 1 aromatic carbocycles. The van der Waals surface area contributed by atoms with Crippen molar-refractivity contribution in [1.82, 2.24) is 0 Å². The van der Waals surface area contributed by atoms with Gasteiger partial charge in [-0.1, -0.05) is 24.4 Å². The first kappa shape index (κ1) is 10.6. The Balaban J connectivity index is 2.18. The molecule has 84 valence electrons. The van der Waals surface area contributed by atoms with E-state index < -0.39 is 0 Å². The summed E-state index contributed by atoms with van der Waals surface area (Å²) in [6, 6.07) is 10.2. The van der Waals surface area contributed by atoms with Crippen LogP contribution in [0.15, 0.2) is 46.1 Å². The summed E-state index contributed by atoms with van der Waals surface area (Å²) in [5.74, 6) is 0. The van der Waals surface area contributed by atoms with Crippen LogP contribution in [0.25, 0.3) is 0 Å². The molecule has 2 aromatic rings. The summed E-state index contributed by atoms with van der Waals surface area (Å²) in [7, 11) is 0. The summed E-state index contributed by atoms with van der Waals surface area (Å²) in [5, 5.41) is 4.17. The lowest BCUT2D eigenvalue weighted by Crippen LogP contribution is -2.22. The number of anilines is 2. The summed E-state index contributed by atoms with van der Waals surface area (Å²) < 4.78 is 0. The molecule has 2 nitrogen and oxygen atoms in total. The standard InChI is InChI=1S/C13H10N2S2/c16-13-5-7-14-11-3-1-2-4-12(11)15(13)10-6-8-17-9-10/h1-4,6-9H,5H2. The van der Waals surface area contributed by atoms with E-state index >= 15 is 0 Å². The quantitative estimate of drug-likeness (QED) is 0.708. The maximum absolute atomic E-state index is 5.48. The van der Waals surface area contributed by atoms with Gasteiger partial charge in [0.1, 0.15) is 0 Å². The highest BCUT2D eigenvalue weighted by molar-refractivity contribution is 7.80. The normalized spacial score (nSPS) is 14.6. The van der Waals surface area contributed by atoms with Gasteiger partial charge in [-0.2, -0.15) is 11.3 Å². The van der Waals surface area contributed by atoms with Crippen molar-refractivity contribution >= 4 is 51.8 Å². The van der Waals surface area contributed by atoms with E-state index in [1.54, 1.807) is 11.3 Å². The molecule has 0 spiro atoms. The van der Waals surface area contributed by atoms with Crippen molar-refractivity contribution < 1.29 is 0 Å². The second kappa shape index (κ2) is 4.39. The lowest BCUT2D eigenvalue weighted by Gasteiger charge is -2.23. The third-order valence-electron chi connectivity index (χ3n) is 2.63. The van der Waals surface area contributed by atoms with E-state index in [-0.39, 0.29) is 0 Å². The number of hydrogen-bond acceptors (Lipinski definition) is 3. The third kappa shape index (κ3) is 1.90. The maximum Gasteiger partial charge on any atom is 0.0924 e. The second-order valence-corrected chi connectivity index (χ2v) is 4.97. The van der Waals surface area contributed by atoms with Gasteiger partial charge in [0.15, 0.2) is 0 Å². The highest BCUT2D eigenvalue weighted by atomic mass is 32.1. The second-order valence-electron chi connectivity index (χ2n) is 3.72. The number of aliphatic imine (C=N–C) groups is 1. The fourth-order valence-corrected chi connectivity index (χ4v) is 2.78. The summed E-state index contributed by atoms with van der Waals surface area (Å²) in [6.45, 7) is 0. The van der Waals surface area contributed by atoms with Gasteiger partial charge in [-0.05, 0) is 23.6 Å². The number of rotatable bonds is 1. The van der Waals surface area contributed by atoms with Crippen molar-refractivity contribution in [2.75, 3.05) is 4.90 Å². The molecule has 1 aromatic heterocycles. The third-order valence-corrected chi connectivity index (χ3v) is 3.65. The van der Waals surface area contributed by atoms with E-state index in [0.29, 0.717) is 6.42 Å². The number of thiophene rings is 1. The van der Waals surface area contributed by atoms with Gasteiger partial charge in [-0.3, -0.25) is 4.99 Å². The molecule has 0 fully saturated rings. The van der Waals surface area contributed by atoms with Crippen LogP contribution in [0, 0.1) is 0 Å². The monoisotopic (exact) mass is 258 g/mol. The molecule has 1 aliphatic heterocycles. The molecule has 2 heterocycles. The Morgan fingerprint density at radius 2 is 2.12 bits per heavy atom.